The standard InChI is InChI=1S/C9H19N.C2H6/c1-5-7-8-9(3)10(4)6-2;1-2/h5,9H,1,6-8H2,2-4H3;1-2H3. The minimum absolute atomic E-state index is 0.697. The Morgan fingerprint density at radius 2 is 1.92 bits per heavy atom. The van der Waals surface area contributed by atoms with E-state index in [1.165, 1.54) is 6.42 Å². The average Bonchev–Trinajstić information content (AvgIpc) is 2.16. The molecule has 0 aromatic carbocycles. The highest BCUT2D eigenvalue weighted by Gasteiger charge is 2.03. The molecule has 1 atom stereocenters. The zero-order valence-corrected chi connectivity index (χ0v) is 9.43. The van der Waals surface area contributed by atoms with Crippen molar-refractivity contribution in [2.45, 2.75) is 46.6 Å². The van der Waals surface area contributed by atoms with E-state index in [1.807, 2.05) is 19.9 Å². The molecular formula is C11H25N. The Hall–Kier alpha value is -0.300. The van der Waals surface area contributed by atoms with Crippen LogP contribution in [0.4, 0.5) is 0 Å². The third-order valence-electron chi connectivity index (χ3n) is 2.04. The SMILES string of the molecule is C=CCCC(C)N(C)CC.CC. The molecule has 0 heterocycles. The van der Waals surface area contributed by atoms with Crippen molar-refractivity contribution in [3.8, 4) is 0 Å². The maximum atomic E-state index is 3.70. The maximum absolute atomic E-state index is 3.70. The third-order valence-corrected chi connectivity index (χ3v) is 2.04. The lowest BCUT2D eigenvalue weighted by Gasteiger charge is -2.22. The monoisotopic (exact) mass is 171 g/mol. The Morgan fingerprint density at radius 1 is 1.42 bits per heavy atom. The number of rotatable bonds is 5. The van der Waals surface area contributed by atoms with Gasteiger partial charge in [0.15, 0.2) is 0 Å². The van der Waals surface area contributed by atoms with Crippen LogP contribution >= 0.6 is 0 Å². The predicted molar refractivity (Wildman–Crippen MR) is 58.5 cm³/mol. The van der Waals surface area contributed by atoms with Crippen LogP contribution in [0.15, 0.2) is 12.7 Å². The van der Waals surface area contributed by atoms with Gasteiger partial charge >= 0.3 is 0 Å². The normalized spacial score (nSPS) is 11.8. The fourth-order valence-electron chi connectivity index (χ4n) is 0.891. The van der Waals surface area contributed by atoms with Gasteiger partial charge in [-0.1, -0.05) is 26.8 Å². The van der Waals surface area contributed by atoms with Gasteiger partial charge < -0.3 is 4.90 Å². The molecule has 0 aliphatic carbocycles. The Bertz CT molecular complexity index is 89.0. The van der Waals surface area contributed by atoms with Gasteiger partial charge in [0.25, 0.3) is 0 Å². The van der Waals surface area contributed by atoms with Crippen molar-refractivity contribution < 1.29 is 0 Å². The lowest BCUT2D eigenvalue weighted by molar-refractivity contribution is 0.260. The van der Waals surface area contributed by atoms with Crippen LogP contribution in [0, 0.1) is 0 Å². The van der Waals surface area contributed by atoms with Gasteiger partial charge in [-0.2, -0.15) is 0 Å². The van der Waals surface area contributed by atoms with Gasteiger partial charge in [0.2, 0.25) is 0 Å². The van der Waals surface area contributed by atoms with Crippen molar-refractivity contribution in [1.82, 2.24) is 4.90 Å². The Kier molecular flexibility index (Phi) is 12.7. The molecule has 0 bridgehead atoms. The molecule has 74 valence electrons. The molecule has 0 fully saturated rings. The summed E-state index contributed by atoms with van der Waals surface area (Å²) < 4.78 is 0. The van der Waals surface area contributed by atoms with Gasteiger partial charge in [-0.15, -0.1) is 6.58 Å². The summed E-state index contributed by atoms with van der Waals surface area (Å²) in [6, 6.07) is 0.697. The molecule has 0 saturated heterocycles. The average molecular weight is 171 g/mol. The molecule has 0 rings (SSSR count). The number of nitrogens with zero attached hydrogens (tertiary/aromatic N) is 1. The zero-order chi connectivity index (χ0) is 9.98. The van der Waals surface area contributed by atoms with Gasteiger partial charge in [-0.3, -0.25) is 0 Å². The van der Waals surface area contributed by atoms with Crippen LogP contribution < -0.4 is 0 Å². The number of hydrogen-bond donors (Lipinski definition) is 0. The highest BCUT2D eigenvalue weighted by Crippen LogP contribution is 2.03. The molecule has 0 aromatic rings. The Labute approximate surface area is 78.5 Å². The van der Waals surface area contributed by atoms with Crippen molar-refractivity contribution in [2.24, 2.45) is 0 Å². The molecule has 0 aliphatic heterocycles. The minimum Gasteiger partial charge on any atom is -0.304 e. The van der Waals surface area contributed by atoms with Gasteiger partial charge in [0.1, 0.15) is 0 Å². The van der Waals surface area contributed by atoms with Gasteiger partial charge in [0.05, 0.1) is 0 Å². The van der Waals surface area contributed by atoms with E-state index in [0.29, 0.717) is 6.04 Å². The van der Waals surface area contributed by atoms with E-state index in [9.17, 15) is 0 Å². The summed E-state index contributed by atoms with van der Waals surface area (Å²) in [4.78, 5) is 2.35. The summed E-state index contributed by atoms with van der Waals surface area (Å²) in [7, 11) is 2.16. The molecule has 0 aliphatic rings. The van der Waals surface area contributed by atoms with E-state index < -0.39 is 0 Å². The second-order valence-corrected chi connectivity index (χ2v) is 2.79. The fourth-order valence-corrected chi connectivity index (χ4v) is 0.891. The molecule has 0 amide bonds. The van der Waals surface area contributed by atoms with Gasteiger partial charge in [0, 0.05) is 6.04 Å². The van der Waals surface area contributed by atoms with Crippen molar-refractivity contribution in [2.75, 3.05) is 13.6 Å². The largest absolute Gasteiger partial charge is 0.304 e. The van der Waals surface area contributed by atoms with Gasteiger partial charge in [-0.25, -0.2) is 0 Å². The van der Waals surface area contributed by atoms with Crippen LogP contribution in [0.5, 0.6) is 0 Å². The second-order valence-electron chi connectivity index (χ2n) is 2.79. The summed E-state index contributed by atoms with van der Waals surface area (Å²) >= 11 is 0. The summed E-state index contributed by atoms with van der Waals surface area (Å²) in [5, 5.41) is 0. The van der Waals surface area contributed by atoms with Gasteiger partial charge in [-0.05, 0) is 33.4 Å². The third kappa shape index (κ3) is 7.80. The van der Waals surface area contributed by atoms with Crippen LogP contribution in [0.25, 0.3) is 0 Å². The molecule has 0 saturated carbocycles. The quantitative estimate of drug-likeness (QED) is 0.574. The van der Waals surface area contributed by atoms with Crippen LogP contribution in [-0.2, 0) is 0 Å². The Balaban J connectivity index is 0. The second kappa shape index (κ2) is 10.7. The van der Waals surface area contributed by atoms with E-state index in [-0.39, 0.29) is 0 Å². The van der Waals surface area contributed by atoms with Crippen molar-refractivity contribution in [3.05, 3.63) is 12.7 Å². The molecule has 1 heteroatoms. The summed E-state index contributed by atoms with van der Waals surface area (Å²) in [5.41, 5.74) is 0. The molecule has 0 radical (unpaired) electrons. The van der Waals surface area contributed by atoms with Crippen molar-refractivity contribution >= 4 is 0 Å². The highest BCUT2D eigenvalue weighted by atomic mass is 15.1. The fraction of sp³-hybridized carbons (Fsp3) is 0.818. The molecular weight excluding hydrogens is 146 g/mol. The summed E-state index contributed by atoms with van der Waals surface area (Å²) in [5.74, 6) is 0. The zero-order valence-electron chi connectivity index (χ0n) is 9.43. The lowest BCUT2D eigenvalue weighted by atomic mass is 10.1. The topological polar surface area (TPSA) is 3.24 Å². The first-order valence-electron chi connectivity index (χ1n) is 5.03. The maximum Gasteiger partial charge on any atom is 0.00667 e. The minimum atomic E-state index is 0.697. The highest BCUT2D eigenvalue weighted by molar-refractivity contribution is 4.71. The first-order chi connectivity index (χ1) is 5.72. The number of allylic oxidation sites excluding steroid dienone is 1. The summed E-state index contributed by atoms with van der Waals surface area (Å²) in [6.45, 7) is 13.3. The predicted octanol–water partition coefficient (Wildman–Crippen LogP) is 3.32. The van der Waals surface area contributed by atoms with E-state index in [1.54, 1.807) is 0 Å². The first-order valence-corrected chi connectivity index (χ1v) is 5.03. The molecule has 1 unspecified atom stereocenters. The van der Waals surface area contributed by atoms with E-state index >= 15 is 0 Å². The van der Waals surface area contributed by atoms with Crippen LogP contribution in [0.1, 0.15) is 40.5 Å². The Morgan fingerprint density at radius 3 is 2.25 bits per heavy atom. The number of hydrogen-bond acceptors (Lipinski definition) is 1. The lowest BCUT2D eigenvalue weighted by Crippen LogP contribution is -2.28. The van der Waals surface area contributed by atoms with Crippen molar-refractivity contribution in [1.29, 1.82) is 0 Å². The summed E-state index contributed by atoms with van der Waals surface area (Å²) in [6.07, 6.45) is 4.35. The van der Waals surface area contributed by atoms with E-state index in [2.05, 4.69) is 32.4 Å². The van der Waals surface area contributed by atoms with E-state index in [0.717, 1.165) is 13.0 Å². The smallest absolute Gasteiger partial charge is 0.00667 e. The van der Waals surface area contributed by atoms with Crippen molar-refractivity contribution in [3.63, 3.8) is 0 Å². The molecule has 0 aromatic heterocycles. The van der Waals surface area contributed by atoms with E-state index in [4.69, 9.17) is 0 Å². The van der Waals surface area contributed by atoms with Crippen LogP contribution in [-0.4, -0.2) is 24.5 Å². The molecule has 1 nitrogen and oxygen atoms in total. The first kappa shape index (κ1) is 14.2. The molecule has 0 spiro atoms. The molecule has 12 heavy (non-hydrogen) atoms. The van der Waals surface area contributed by atoms with Crippen LogP contribution in [0.3, 0.4) is 0 Å². The van der Waals surface area contributed by atoms with Crippen LogP contribution in [0.2, 0.25) is 0 Å². The molecule has 0 N–H and O–H groups in total.